The minimum atomic E-state index is -3.30. The third kappa shape index (κ3) is 3.81. The zero-order valence-electron chi connectivity index (χ0n) is 11.6. The summed E-state index contributed by atoms with van der Waals surface area (Å²) in [7, 11) is 0.864. The van der Waals surface area contributed by atoms with Crippen LogP contribution in [0.5, 0.6) is 0 Å². The molecule has 0 spiro atoms. The molecular weight excluding hydrogens is 284 g/mol. The summed E-state index contributed by atoms with van der Waals surface area (Å²) in [6, 6.07) is 1.43. The monoisotopic (exact) mass is 302 g/mol. The summed E-state index contributed by atoms with van der Waals surface area (Å²) >= 11 is 0. The topological polar surface area (TPSA) is 115 Å². The van der Waals surface area contributed by atoms with Crippen molar-refractivity contribution >= 4 is 27.5 Å². The smallest absolute Gasteiger partial charge is 0.340 e. The summed E-state index contributed by atoms with van der Waals surface area (Å²) < 4.78 is 28.9. The van der Waals surface area contributed by atoms with Crippen LogP contribution in [0.1, 0.15) is 10.4 Å². The molecule has 112 valence electrons. The fourth-order valence-electron chi connectivity index (χ4n) is 1.38. The highest BCUT2D eigenvalue weighted by Gasteiger charge is 2.16. The van der Waals surface area contributed by atoms with E-state index in [1.807, 2.05) is 0 Å². The maximum atomic E-state index is 11.6. The number of nitrogens with one attached hydrogen (secondary N) is 1. The Bertz CT molecular complexity index is 586. The van der Waals surface area contributed by atoms with Crippen LogP contribution in [0.4, 0.5) is 11.5 Å². The van der Waals surface area contributed by atoms with E-state index in [1.165, 1.54) is 33.5 Å². The van der Waals surface area contributed by atoms with Gasteiger partial charge >= 0.3 is 5.97 Å². The third-order valence-corrected chi connectivity index (χ3v) is 4.44. The van der Waals surface area contributed by atoms with E-state index in [9.17, 15) is 13.2 Å². The molecule has 0 unspecified atom stereocenters. The predicted molar refractivity (Wildman–Crippen MR) is 76.0 cm³/mol. The fourth-order valence-corrected chi connectivity index (χ4v) is 2.11. The van der Waals surface area contributed by atoms with E-state index in [0.717, 1.165) is 4.31 Å². The molecule has 0 aromatic carbocycles. The molecular formula is C11H18N4O4S. The summed E-state index contributed by atoms with van der Waals surface area (Å²) in [5.74, 6) is -0.431. The molecule has 0 aliphatic heterocycles. The van der Waals surface area contributed by atoms with Crippen LogP contribution >= 0.6 is 0 Å². The van der Waals surface area contributed by atoms with Crippen molar-refractivity contribution in [2.75, 3.05) is 44.6 Å². The van der Waals surface area contributed by atoms with Crippen LogP contribution in [0, 0.1) is 0 Å². The molecule has 1 rings (SSSR count). The molecule has 0 amide bonds. The normalized spacial score (nSPS) is 11.4. The number of anilines is 2. The van der Waals surface area contributed by atoms with E-state index in [2.05, 4.69) is 15.0 Å². The van der Waals surface area contributed by atoms with Gasteiger partial charge in [-0.15, -0.1) is 0 Å². The minimum absolute atomic E-state index is 0.108. The van der Waals surface area contributed by atoms with Crippen molar-refractivity contribution in [1.29, 1.82) is 0 Å². The Morgan fingerprint density at radius 1 is 1.50 bits per heavy atom. The maximum Gasteiger partial charge on any atom is 0.340 e. The summed E-state index contributed by atoms with van der Waals surface area (Å²) in [5.41, 5.74) is 6.09. The first-order chi connectivity index (χ1) is 9.29. The summed E-state index contributed by atoms with van der Waals surface area (Å²) in [6.07, 6.45) is 1.39. The van der Waals surface area contributed by atoms with Crippen molar-refractivity contribution < 1.29 is 17.9 Å². The zero-order chi connectivity index (χ0) is 15.3. The molecule has 0 saturated carbocycles. The quantitative estimate of drug-likeness (QED) is 0.696. The number of hydrogen-bond acceptors (Lipinski definition) is 7. The Kier molecular flexibility index (Phi) is 5.28. The Morgan fingerprint density at radius 2 is 2.15 bits per heavy atom. The summed E-state index contributed by atoms with van der Waals surface area (Å²) in [4.78, 5) is 15.4. The van der Waals surface area contributed by atoms with Crippen LogP contribution in [0.25, 0.3) is 0 Å². The van der Waals surface area contributed by atoms with Crippen LogP contribution < -0.4 is 11.1 Å². The van der Waals surface area contributed by atoms with Crippen LogP contribution in [0.3, 0.4) is 0 Å². The fraction of sp³-hybridized carbons (Fsp3) is 0.455. The van der Waals surface area contributed by atoms with Crippen molar-refractivity contribution in [3.8, 4) is 0 Å². The molecule has 0 aliphatic carbocycles. The highest BCUT2D eigenvalue weighted by atomic mass is 32.2. The molecule has 0 bridgehead atoms. The number of pyridine rings is 1. The van der Waals surface area contributed by atoms with E-state index in [-0.39, 0.29) is 29.4 Å². The molecule has 0 radical (unpaired) electrons. The lowest BCUT2D eigenvalue weighted by atomic mass is 10.2. The molecule has 0 aliphatic rings. The van der Waals surface area contributed by atoms with Gasteiger partial charge < -0.3 is 15.8 Å². The number of nitrogens with zero attached hydrogens (tertiary/aromatic N) is 2. The second kappa shape index (κ2) is 6.53. The van der Waals surface area contributed by atoms with Gasteiger partial charge in [0.05, 0.1) is 24.1 Å². The zero-order valence-corrected chi connectivity index (χ0v) is 12.4. The molecule has 3 N–H and O–H groups in total. The van der Waals surface area contributed by atoms with Gasteiger partial charge in [0.2, 0.25) is 10.0 Å². The number of carbonyl (C=O) groups excluding carboxylic acids is 1. The Balaban J connectivity index is 2.78. The molecule has 0 atom stereocenters. The van der Waals surface area contributed by atoms with Gasteiger partial charge in [0.15, 0.2) is 0 Å². The van der Waals surface area contributed by atoms with Gasteiger partial charge in [0.1, 0.15) is 5.82 Å². The number of nitrogen functional groups attached to an aromatic ring is 1. The van der Waals surface area contributed by atoms with Crippen molar-refractivity contribution in [2.45, 2.75) is 0 Å². The second-order valence-corrected chi connectivity index (χ2v) is 6.44. The van der Waals surface area contributed by atoms with Gasteiger partial charge in [0.25, 0.3) is 0 Å². The second-order valence-electron chi connectivity index (χ2n) is 4.14. The number of esters is 1. The SMILES string of the molecule is COC(=O)c1ccnc(NCCS(=O)(=O)N(C)C)c1N. The van der Waals surface area contributed by atoms with E-state index in [0.29, 0.717) is 0 Å². The number of sulfonamides is 1. The van der Waals surface area contributed by atoms with Crippen molar-refractivity contribution in [2.24, 2.45) is 0 Å². The maximum absolute atomic E-state index is 11.6. The lowest BCUT2D eigenvalue weighted by molar-refractivity contribution is 0.0602. The highest BCUT2D eigenvalue weighted by Crippen LogP contribution is 2.20. The Morgan fingerprint density at radius 3 is 2.70 bits per heavy atom. The Hall–Kier alpha value is -1.87. The average Bonchev–Trinajstić information content (AvgIpc) is 2.39. The van der Waals surface area contributed by atoms with Crippen LogP contribution in [-0.2, 0) is 14.8 Å². The number of rotatable bonds is 6. The van der Waals surface area contributed by atoms with Gasteiger partial charge in [-0.3, -0.25) is 0 Å². The molecule has 1 heterocycles. The van der Waals surface area contributed by atoms with Gasteiger partial charge in [-0.1, -0.05) is 0 Å². The summed E-state index contributed by atoms with van der Waals surface area (Å²) in [6.45, 7) is 0.127. The molecule has 1 aromatic heterocycles. The van der Waals surface area contributed by atoms with Gasteiger partial charge in [0, 0.05) is 26.8 Å². The van der Waals surface area contributed by atoms with Crippen LogP contribution in [0.2, 0.25) is 0 Å². The predicted octanol–water partition coefficient (Wildman–Crippen LogP) is -0.246. The van der Waals surface area contributed by atoms with E-state index in [1.54, 1.807) is 0 Å². The number of methoxy groups -OCH3 is 1. The van der Waals surface area contributed by atoms with Gasteiger partial charge in [-0.25, -0.2) is 22.5 Å². The molecule has 9 heteroatoms. The van der Waals surface area contributed by atoms with Crippen molar-refractivity contribution in [3.63, 3.8) is 0 Å². The number of carbonyl (C=O) groups is 1. The Labute approximate surface area is 118 Å². The summed E-state index contributed by atoms with van der Waals surface area (Å²) in [5, 5.41) is 2.79. The lowest BCUT2D eigenvalue weighted by Crippen LogP contribution is -2.28. The first-order valence-electron chi connectivity index (χ1n) is 5.76. The highest BCUT2D eigenvalue weighted by molar-refractivity contribution is 7.89. The number of aromatic nitrogens is 1. The van der Waals surface area contributed by atoms with Crippen molar-refractivity contribution in [3.05, 3.63) is 17.8 Å². The standard InChI is InChI=1S/C11H18N4O4S/c1-15(2)20(17,18)7-6-14-10-9(12)8(4-5-13-10)11(16)19-3/h4-5H,6-7,12H2,1-3H3,(H,13,14). The van der Waals surface area contributed by atoms with E-state index in [4.69, 9.17) is 5.73 Å². The number of nitrogens with two attached hydrogens (primary N) is 1. The van der Waals surface area contributed by atoms with E-state index >= 15 is 0 Å². The third-order valence-electron chi connectivity index (χ3n) is 2.60. The molecule has 1 aromatic rings. The largest absolute Gasteiger partial charge is 0.465 e. The van der Waals surface area contributed by atoms with Crippen molar-refractivity contribution in [1.82, 2.24) is 9.29 Å². The molecule has 0 fully saturated rings. The average molecular weight is 302 g/mol. The van der Waals surface area contributed by atoms with Gasteiger partial charge in [-0.05, 0) is 6.07 Å². The molecule has 8 nitrogen and oxygen atoms in total. The van der Waals surface area contributed by atoms with Gasteiger partial charge in [-0.2, -0.15) is 0 Å². The number of hydrogen-bond donors (Lipinski definition) is 2. The minimum Gasteiger partial charge on any atom is -0.465 e. The van der Waals surface area contributed by atoms with Crippen LogP contribution in [-0.4, -0.2) is 57.2 Å². The lowest BCUT2D eigenvalue weighted by Gasteiger charge is -2.13. The molecule has 20 heavy (non-hydrogen) atoms. The first-order valence-corrected chi connectivity index (χ1v) is 7.37. The first kappa shape index (κ1) is 16.2. The number of ether oxygens (including phenoxy) is 1. The molecule has 0 saturated heterocycles. The van der Waals surface area contributed by atoms with Crippen LogP contribution in [0.15, 0.2) is 12.3 Å². The van der Waals surface area contributed by atoms with E-state index < -0.39 is 16.0 Å².